The van der Waals surface area contributed by atoms with E-state index < -0.39 is 0 Å². The van der Waals surface area contributed by atoms with Crippen molar-refractivity contribution in [2.75, 3.05) is 0 Å². The Balaban J connectivity index is 1.65. The van der Waals surface area contributed by atoms with Gasteiger partial charge in [-0.2, -0.15) is 0 Å². The fourth-order valence-electron chi connectivity index (χ4n) is 1.85. The van der Waals surface area contributed by atoms with Gasteiger partial charge >= 0.3 is 0 Å². The molecule has 0 bridgehead atoms. The Hall–Kier alpha value is -2.27. The van der Waals surface area contributed by atoms with Gasteiger partial charge in [-0.25, -0.2) is 0 Å². The summed E-state index contributed by atoms with van der Waals surface area (Å²) >= 11 is 5.80. The third-order valence-corrected chi connectivity index (χ3v) is 3.49. The normalized spacial score (nSPS) is 13.7. The van der Waals surface area contributed by atoms with Crippen LogP contribution in [0.15, 0.2) is 45.8 Å². The molecule has 0 spiro atoms. The summed E-state index contributed by atoms with van der Waals surface area (Å²) in [5.74, 6) is -0.308. The van der Waals surface area contributed by atoms with Crippen LogP contribution in [0.2, 0.25) is 5.02 Å². The molecule has 0 atom stereocenters. The van der Waals surface area contributed by atoms with Gasteiger partial charge in [-0.3, -0.25) is 9.59 Å². The minimum absolute atomic E-state index is 0.00394. The molecule has 3 rings (SSSR count). The summed E-state index contributed by atoms with van der Waals surface area (Å²) in [6.07, 6.45) is 3.11. The summed E-state index contributed by atoms with van der Waals surface area (Å²) in [5, 5.41) is 3.39. The van der Waals surface area contributed by atoms with E-state index in [9.17, 15) is 9.59 Å². The maximum atomic E-state index is 11.9. The molecule has 1 aromatic carbocycles. The van der Waals surface area contributed by atoms with E-state index in [-0.39, 0.29) is 35.5 Å². The number of rotatable bonds is 5. The molecule has 1 aliphatic rings. The lowest BCUT2D eigenvalue weighted by molar-refractivity contribution is 0.0920. The van der Waals surface area contributed by atoms with Crippen molar-refractivity contribution in [2.24, 2.45) is 0 Å². The van der Waals surface area contributed by atoms with Crippen molar-refractivity contribution < 1.29 is 13.9 Å². The van der Waals surface area contributed by atoms with Crippen LogP contribution in [-0.2, 0) is 6.61 Å². The van der Waals surface area contributed by atoms with Crippen LogP contribution in [0.5, 0.6) is 5.75 Å². The van der Waals surface area contributed by atoms with Gasteiger partial charge in [-0.1, -0.05) is 23.7 Å². The molecule has 1 N–H and O–H groups in total. The highest BCUT2D eigenvalue weighted by Crippen LogP contribution is 2.19. The minimum Gasteiger partial charge on any atom is -0.482 e. The zero-order valence-electron chi connectivity index (χ0n) is 11.7. The highest BCUT2D eigenvalue weighted by Gasteiger charge is 2.25. The van der Waals surface area contributed by atoms with Crippen molar-refractivity contribution in [3.8, 4) is 5.75 Å². The second-order valence-electron chi connectivity index (χ2n) is 5.14. The van der Waals surface area contributed by atoms with E-state index in [1.165, 1.54) is 6.26 Å². The van der Waals surface area contributed by atoms with Crippen LogP contribution in [0.4, 0.5) is 0 Å². The molecule has 22 heavy (non-hydrogen) atoms. The predicted octanol–water partition coefficient (Wildman–Crippen LogP) is 2.76. The Morgan fingerprint density at radius 3 is 2.68 bits per heavy atom. The summed E-state index contributed by atoms with van der Waals surface area (Å²) in [5.41, 5.74) is 0.487. The highest BCUT2D eigenvalue weighted by atomic mass is 35.5. The van der Waals surface area contributed by atoms with Crippen LogP contribution < -0.4 is 15.5 Å². The first-order valence-electron chi connectivity index (χ1n) is 6.93. The summed E-state index contributed by atoms with van der Waals surface area (Å²) in [4.78, 5) is 23.7. The molecule has 0 radical (unpaired) electrons. The largest absolute Gasteiger partial charge is 0.482 e. The average molecular weight is 320 g/mol. The molecule has 0 aliphatic heterocycles. The zero-order chi connectivity index (χ0) is 15.5. The number of hydrogen-bond donors (Lipinski definition) is 1. The van der Waals surface area contributed by atoms with Crippen molar-refractivity contribution in [2.45, 2.75) is 25.5 Å². The summed E-state index contributed by atoms with van der Waals surface area (Å²) in [6.45, 7) is 0.218. The molecule has 1 heterocycles. The lowest BCUT2D eigenvalue weighted by atomic mass is 10.2. The molecular weight excluding hydrogens is 306 g/mol. The smallest absolute Gasteiger partial charge is 0.287 e. The van der Waals surface area contributed by atoms with Gasteiger partial charge < -0.3 is 14.5 Å². The standard InChI is InChI=1S/C16H14ClNO4/c17-11-3-1-10(2-4-11)8-21-15-9-22-14(7-13(15)19)16(20)18-12-5-6-12/h1-4,7,9,12H,5-6,8H2,(H,18,20). The third-order valence-electron chi connectivity index (χ3n) is 3.24. The zero-order valence-corrected chi connectivity index (χ0v) is 12.4. The first-order chi connectivity index (χ1) is 10.6. The van der Waals surface area contributed by atoms with Gasteiger partial charge in [-0.05, 0) is 30.5 Å². The summed E-state index contributed by atoms with van der Waals surface area (Å²) in [7, 11) is 0. The fraction of sp³-hybridized carbons (Fsp3) is 0.250. The molecule has 1 fully saturated rings. The van der Waals surface area contributed by atoms with Gasteiger partial charge in [-0.15, -0.1) is 0 Å². The number of halogens is 1. The van der Waals surface area contributed by atoms with Gasteiger partial charge in [0.2, 0.25) is 11.2 Å². The number of ether oxygens (including phenoxy) is 1. The average Bonchev–Trinajstić information content (AvgIpc) is 3.31. The fourth-order valence-corrected chi connectivity index (χ4v) is 1.98. The van der Waals surface area contributed by atoms with Crippen LogP contribution in [0.25, 0.3) is 0 Å². The van der Waals surface area contributed by atoms with Gasteiger partial charge in [0.1, 0.15) is 12.9 Å². The number of carbonyl (C=O) groups is 1. The topological polar surface area (TPSA) is 68.5 Å². The number of carbonyl (C=O) groups excluding carboxylic acids is 1. The van der Waals surface area contributed by atoms with E-state index >= 15 is 0 Å². The second kappa shape index (κ2) is 6.23. The number of nitrogens with one attached hydrogen (secondary N) is 1. The molecular formula is C16H14ClNO4. The number of amides is 1. The molecule has 5 nitrogen and oxygen atoms in total. The molecule has 1 amide bonds. The first-order valence-corrected chi connectivity index (χ1v) is 7.30. The van der Waals surface area contributed by atoms with Crippen LogP contribution in [0, 0.1) is 0 Å². The van der Waals surface area contributed by atoms with Crippen molar-refractivity contribution in [3.05, 3.63) is 63.2 Å². The van der Waals surface area contributed by atoms with Crippen molar-refractivity contribution >= 4 is 17.5 Å². The molecule has 1 aliphatic carbocycles. The minimum atomic E-state index is -0.388. The van der Waals surface area contributed by atoms with Gasteiger partial charge in [0.15, 0.2) is 5.76 Å². The van der Waals surface area contributed by atoms with E-state index in [0.717, 1.165) is 24.5 Å². The van der Waals surface area contributed by atoms with Gasteiger partial charge in [0, 0.05) is 17.1 Å². The lowest BCUT2D eigenvalue weighted by Gasteiger charge is -2.06. The Bertz CT molecular complexity index is 735. The molecule has 1 saturated carbocycles. The molecule has 2 aromatic rings. The van der Waals surface area contributed by atoms with Crippen LogP contribution in [0.1, 0.15) is 29.0 Å². The lowest BCUT2D eigenvalue weighted by Crippen LogP contribution is -2.26. The summed E-state index contributed by atoms with van der Waals surface area (Å²) in [6, 6.07) is 8.46. The maximum Gasteiger partial charge on any atom is 0.287 e. The number of benzene rings is 1. The monoisotopic (exact) mass is 319 g/mol. The molecule has 6 heteroatoms. The Kier molecular flexibility index (Phi) is 4.15. The van der Waals surface area contributed by atoms with Gasteiger partial charge in [0.25, 0.3) is 5.91 Å². The van der Waals surface area contributed by atoms with E-state index in [1.54, 1.807) is 24.3 Å². The maximum absolute atomic E-state index is 11.9. The molecule has 1 aromatic heterocycles. The van der Waals surface area contributed by atoms with Crippen LogP contribution >= 0.6 is 11.6 Å². The quantitative estimate of drug-likeness (QED) is 0.920. The third kappa shape index (κ3) is 3.68. The van der Waals surface area contributed by atoms with E-state index in [0.29, 0.717) is 5.02 Å². The SMILES string of the molecule is O=C(NC1CC1)c1cc(=O)c(OCc2ccc(Cl)cc2)co1. The second-order valence-corrected chi connectivity index (χ2v) is 5.57. The van der Waals surface area contributed by atoms with Crippen molar-refractivity contribution in [1.29, 1.82) is 0 Å². The van der Waals surface area contributed by atoms with E-state index in [1.807, 2.05) is 0 Å². The summed E-state index contributed by atoms with van der Waals surface area (Å²) < 4.78 is 10.6. The molecule has 0 saturated heterocycles. The van der Waals surface area contributed by atoms with Crippen molar-refractivity contribution in [3.63, 3.8) is 0 Å². The van der Waals surface area contributed by atoms with Crippen LogP contribution in [-0.4, -0.2) is 11.9 Å². The Morgan fingerprint density at radius 1 is 1.32 bits per heavy atom. The molecule has 0 unspecified atom stereocenters. The highest BCUT2D eigenvalue weighted by molar-refractivity contribution is 6.30. The van der Waals surface area contributed by atoms with Crippen molar-refractivity contribution in [1.82, 2.24) is 5.32 Å². The molecule has 114 valence electrons. The van der Waals surface area contributed by atoms with Gasteiger partial charge in [0.05, 0.1) is 0 Å². The Morgan fingerprint density at radius 2 is 2.05 bits per heavy atom. The van der Waals surface area contributed by atoms with E-state index in [4.69, 9.17) is 20.8 Å². The number of hydrogen-bond acceptors (Lipinski definition) is 4. The predicted molar refractivity (Wildman–Crippen MR) is 81.3 cm³/mol. The Labute approximate surface area is 131 Å². The van der Waals surface area contributed by atoms with Crippen LogP contribution in [0.3, 0.4) is 0 Å². The van der Waals surface area contributed by atoms with E-state index in [2.05, 4.69) is 5.32 Å². The first kappa shape index (κ1) is 14.7.